The Morgan fingerprint density at radius 3 is 2.86 bits per heavy atom. The van der Waals surface area contributed by atoms with Crippen LogP contribution in [0.3, 0.4) is 0 Å². The lowest BCUT2D eigenvalue weighted by Crippen LogP contribution is -2.26. The molecule has 1 saturated heterocycles. The van der Waals surface area contributed by atoms with Crippen molar-refractivity contribution in [2.24, 2.45) is 5.92 Å². The molecule has 8 heteroatoms. The Balaban J connectivity index is 2.23. The zero-order chi connectivity index (χ0) is 16.3. The van der Waals surface area contributed by atoms with Gasteiger partial charge in [-0.3, -0.25) is 19.7 Å². The number of nitro groups is 1. The molecule has 0 aliphatic carbocycles. The highest BCUT2D eigenvalue weighted by molar-refractivity contribution is 8.13. The number of aliphatic hydroxyl groups excluding tert-OH is 1. The Morgan fingerprint density at radius 2 is 2.27 bits per heavy atom. The fourth-order valence-electron chi connectivity index (χ4n) is 2.41. The maximum atomic E-state index is 12.2. The van der Waals surface area contributed by atoms with Gasteiger partial charge in [0.05, 0.1) is 17.2 Å². The van der Waals surface area contributed by atoms with Gasteiger partial charge in [-0.2, -0.15) is 0 Å². The number of anilines is 1. The van der Waals surface area contributed by atoms with Crippen molar-refractivity contribution in [3.8, 4) is 0 Å². The van der Waals surface area contributed by atoms with Crippen molar-refractivity contribution < 1.29 is 19.6 Å². The molecule has 1 fully saturated rings. The predicted octanol–water partition coefficient (Wildman–Crippen LogP) is 1.72. The molecule has 1 heterocycles. The second kappa shape index (κ2) is 6.89. The third kappa shape index (κ3) is 3.63. The molecule has 1 aromatic rings. The van der Waals surface area contributed by atoms with Crippen LogP contribution in [-0.2, 0) is 16.2 Å². The van der Waals surface area contributed by atoms with E-state index in [1.807, 2.05) is 0 Å². The summed E-state index contributed by atoms with van der Waals surface area (Å²) in [5.41, 5.74) is 0.720. The first-order chi connectivity index (χ1) is 10.4. The van der Waals surface area contributed by atoms with Crippen LogP contribution in [0.5, 0.6) is 0 Å². The molecule has 2 rings (SSSR count). The minimum Gasteiger partial charge on any atom is -0.392 e. The lowest BCUT2D eigenvalue weighted by Gasteiger charge is -2.19. The fourth-order valence-corrected chi connectivity index (χ4v) is 3.11. The van der Waals surface area contributed by atoms with Gasteiger partial charge in [-0.05, 0) is 12.0 Å². The van der Waals surface area contributed by atoms with E-state index < -0.39 is 4.92 Å². The number of nitro benzene ring substituents is 1. The average molecular weight is 324 g/mol. The van der Waals surface area contributed by atoms with Crippen molar-refractivity contribution in [2.75, 3.05) is 17.2 Å². The first-order valence-corrected chi connectivity index (χ1v) is 7.72. The summed E-state index contributed by atoms with van der Waals surface area (Å²) in [7, 11) is 0. The lowest BCUT2D eigenvalue weighted by atomic mass is 10.1. The number of carbonyl (C=O) groups excluding carboxylic acids is 2. The fraction of sp³-hybridized carbons (Fsp3) is 0.429. The molecule has 22 heavy (non-hydrogen) atoms. The van der Waals surface area contributed by atoms with E-state index in [9.17, 15) is 24.8 Å². The zero-order valence-corrected chi connectivity index (χ0v) is 12.8. The zero-order valence-electron chi connectivity index (χ0n) is 12.0. The van der Waals surface area contributed by atoms with Crippen molar-refractivity contribution in [2.45, 2.75) is 20.0 Å². The van der Waals surface area contributed by atoms with Crippen molar-refractivity contribution in [3.63, 3.8) is 0 Å². The summed E-state index contributed by atoms with van der Waals surface area (Å²) in [5.74, 6) is 0.414. The van der Waals surface area contributed by atoms with E-state index in [2.05, 4.69) is 0 Å². The number of carbonyl (C=O) groups is 2. The lowest BCUT2D eigenvalue weighted by molar-refractivity contribution is -0.384. The van der Waals surface area contributed by atoms with E-state index in [4.69, 9.17) is 0 Å². The van der Waals surface area contributed by atoms with E-state index in [-0.39, 0.29) is 29.2 Å². The molecule has 118 valence electrons. The van der Waals surface area contributed by atoms with E-state index in [1.165, 1.54) is 41.8 Å². The molecule has 1 N–H and O–H groups in total. The van der Waals surface area contributed by atoms with Crippen molar-refractivity contribution in [1.29, 1.82) is 0 Å². The third-order valence-corrected chi connectivity index (χ3v) is 4.51. The highest BCUT2D eigenvalue weighted by Gasteiger charge is 2.32. The van der Waals surface area contributed by atoms with Crippen LogP contribution in [0.2, 0.25) is 0 Å². The molecule has 1 amide bonds. The van der Waals surface area contributed by atoms with E-state index in [1.54, 1.807) is 0 Å². The highest BCUT2D eigenvalue weighted by atomic mass is 32.2. The second-order valence-corrected chi connectivity index (χ2v) is 6.30. The van der Waals surface area contributed by atoms with Gasteiger partial charge in [0.2, 0.25) is 5.91 Å². The minimum atomic E-state index is -0.533. The first kappa shape index (κ1) is 16.4. The SMILES string of the molecule is CC(=O)SCC1CC(=O)N(c2cc([N+](=O)[O-])ccc2CO)C1. The summed E-state index contributed by atoms with van der Waals surface area (Å²) < 4.78 is 0. The predicted molar refractivity (Wildman–Crippen MR) is 82.6 cm³/mol. The summed E-state index contributed by atoms with van der Waals surface area (Å²) in [6.45, 7) is 1.57. The molecule has 0 bridgehead atoms. The Kier molecular flexibility index (Phi) is 5.15. The van der Waals surface area contributed by atoms with E-state index >= 15 is 0 Å². The average Bonchev–Trinajstić information content (AvgIpc) is 2.85. The van der Waals surface area contributed by atoms with Crippen LogP contribution in [0.1, 0.15) is 18.9 Å². The van der Waals surface area contributed by atoms with Gasteiger partial charge in [-0.15, -0.1) is 0 Å². The number of rotatable bonds is 5. The van der Waals surface area contributed by atoms with Crippen molar-refractivity contribution >= 4 is 34.2 Å². The maximum Gasteiger partial charge on any atom is 0.271 e. The van der Waals surface area contributed by atoms with Gasteiger partial charge in [-0.1, -0.05) is 11.8 Å². The van der Waals surface area contributed by atoms with E-state index in [0.29, 0.717) is 30.0 Å². The van der Waals surface area contributed by atoms with Crippen LogP contribution in [-0.4, -0.2) is 33.3 Å². The van der Waals surface area contributed by atoms with Gasteiger partial charge in [-0.25, -0.2) is 0 Å². The Hall–Kier alpha value is -1.93. The van der Waals surface area contributed by atoms with Crippen LogP contribution in [0.4, 0.5) is 11.4 Å². The molecule has 1 aliphatic heterocycles. The maximum absolute atomic E-state index is 12.2. The molecule has 1 unspecified atom stereocenters. The summed E-state index contributed by atoms with van der Waals surface area (Å²) in [5, 5.41) is 20.3. The monoisotopic (exact) mass is 324 g/mol. The topological polar surface area (TPSA) is 101 Å². The minimum absolute atomic E-state index is 0.00250. The molecule has 1 aromatic carbocycles. The van der Waals surface area contributed by atoms with Gasteiger partial charge in [0.1, 0.15) is 0 Å². The molecule has 1 aliphatic rings. The number of aliphatic hydroxyl groups is 1. The molecule has 0 spiro atoms. The normalized spacial score (nSPS) is 17.8. The third-order valence-electron chi connectivity index (χ3n) is 3.47. The number of nitrogens with zero attached hydrogens (tertiary/aromatic N) is 2. The van der Waals surface area contributed by atoms with Crippen LogP contribution >= 0.6 is 11.8 Å². The molecule has 0 aromatic heterocycles. The number of hydrogen-bond donors (Lipinski definition) is 1. The summed E-state index contributed by atoms with van der Waals surface area (Å²) in [6, 6.07) is 4.07. The molecular weight excluding hydrogens is 308 g/mol. The van der Waals surface area contributed by atoms with Crippen LogP contribution in [0.25, 0.3) is 0 Å². The number of amides is 1. The molecular formula is C14H16N2O5S. The van der Waals surface area contributed by atoms with Crippen LogP contribution in [0, 0.1) is 16.0 Å². The summed E-state index contributed by atoms with van der Waals surface area (Å²) in [6.07, 6.45) is 0.299. The van der Waals surface area contributed by atoms with Gasteiger partial charge < -0.3 is 10.0 Å². The summed E-state index contributed by atoms with van der Waals surface area (Å²) >= 11 is 1.17. The van der Waals surface area contributed by atoms with Crippen LogP contribution < -0.4 is 4.90 Å². The first-order valence-electron chi connectivity index (χ1n) is 6.74. The highest BCUT2D eigenvalue weighted by Crippen LogP contribution is 2.32. The molecule has 0 saturated carbocycles. The number of benzene rings is 1. The quantitative estimate of drug-likeness (QED) is 0.654. The van der Waals surface area contributed by atoms with Crippen LogP contribution in [0.15, 0.2) is 18.2 Å². The largest absolute Gasteiger partial charge is 0.392 e. The van der Waals surface area contributed by atoms with E-state index in [0.717, 1.165) is 0 Å². The molecule has 0 radical (unpaired) electrons. The van der Waals surface area contributed by atoms with Gasteiger partial charge in [0.15, 0.2) is 5.12 Å². The number of thioether (sulfide) groups is 1. The Morgan fingerprint density at radius 1 is 1.55 bits per heavy atom. The van der Waals surface area contributed by atoms with Gasteiger partial charge in [0, 0.05) is 43.3 Å². The van der Waals surface area contributed by atoms with Crippen molar-refractivity contribution in [1.82, 2.24) is 0 Å². The number of non-ortho nitro benzene ring substituents is 1. The second-order valence-electron chi connectivity index (χ2n) is 5.11. The number of hydrogen-bond acceptors (Lipinski definition) is 6. The summed E-state index contributed by atoms with van der Waals surface area (Å²) in [4.78, 5) is 35.0. The Bertz CT molecular complexity index is 619. The molecule has 7 nitrogen and oxygen atoms in total. The Labute approximate surface area is 131 Å². The van der Waals surface area contributed by atoms with Crippen molar-refractivity contribution in [3.05, 3.63) is 33.9 Å². The van der Waals surface area contributed by atoms with Gasteiger partial charge in [0.25, 0.3) is 5.69 Å². The smallest absolute Gasteiger partial charge is 0.271 e. The molecule has 1 atom stereocenters. The standard InChI is InChI=1S/C14H16N2O5S/c1-9(18)22-8-10-4-14(19)15(6-10)13-5-12(16(20)21)3-2-11(13)7-17/h2-3,5,10,17H,4,6-8H2,1H3. The van der Waals surface area contributed by atoms with Gasteiger partial charge >= 0.3 is 0 Å².